The lowest BCUT2D eigenvalue weighted by atomic mass is 10.0. The van der Waals surface area contributed by atoms with Gasteiger partial charge in [-0.3, -0.25) is 0 Å². The van der Waals surface area contributed by atoms with Gasteiger partial charge in [0.25, 0.3) is 0 Å². The van der Waals surface area contributed by atoms with E-state index >= 15 is 0 Å². The summed E-state index contributed by atoms with van der Waals surface area (Å²) in [6.07, 6.45) is 2.76. The quantitative estimate of drug-likeness (QED) is 0.720. The number of fused-ring (bicyclic) bond motifs is 1. The van der Waals surface area contributed by atoms with Gasteiger partial charge in [-0.15, -0.1) is 0 Å². The van der Waals surface area contributed by atoms with E-state index in [1.165, 1.54) is 5.56 Å². The lowest BCUT2D eigenvalue weighted by Gasteiger charge is -2.04. The molecule has 2 heteroatoms. The number of phenols is 1. The van der Waals surface area contributed by atoms with Crippen LogP contribution in [0.5, 0.6) is 5.75 Å². The van der Waals surface area contributed by atoms with Gasteiger partial charge in [-0.25, -0.2) is 0 Å². The fourth-order valence-corrected chi connectivity index (χ4v) is 2.11. The maximum absolute atomic E-state index is 9.55. The van der Waals surface area contributed by atoms with Crippen LogP contribution in [0.2, 0.25) is 0 Å². The zero-order valence-electron chi connectivity index (χ0n) is 7.53. The van der Waals surface area contributed by atoms with E-state index < -0.39 is 0 Å². The minimum absolute atomic E-state index is 0.249. The Morgan fingerprint density at radius 3 is 2.85 bits per heavy atom. The van der Waals surface area contributed by atoms with Crippen molar-refractivity contribution < 1.29 is 10.2 Å². The largest absolute Gasteiger partial charge is 0.508 e. The van der Waals surface area contributed by atoms with Crippen LogP contribution in [0, 0.1) is 5.92 Å². The van der Waals surface area contributed by atoms with Crippen LogP contribution in [-0.4, -0.2) is 16.8 Å². The maximum atomic E-state index is 9.55. The van der Waals surface area contributed by atoms with Crippen LogP contribution in [0.3, 0.4) is 0 Å². The van der Waals surface area contributed by atoms with Gasteiger partial charge in [-0.2, -0.15) is 0 Å². The molecule has 2 rings (SSSR count). The summed E-state index contributed by atoms with van der Waals surface area (Å²) in [5.74, 6) is 0.936. The number of aliphatic hydroxyl groups excluding tert-OH is 1. The number of rotatable bonds is 2. The van der Waals surface area contributed by atoms with E-state index in [2.05, 4.69) is 6.07 Å². The highest BCUT2D eigenvalue weighted by molar-refractivity contribution is 5.42. The second kappa shape index (κ2) is 3.38. The summed E-state index contributed by atoms with van der Waals surface area (Å²) in [7, 11) is 0. The Morgan fingerprint density at radius 2 is 2.15 bits per heavy atom. The third-order valence-electron chi connectivity index (χ3n) is 2.79. The molecular weight excluding hydrogens is 164 g/mol. The monoisotopic (exact) mass is 178 g/mol. The number of phenolic OH excluding ortho intramolecular Hbond substituents is 1. The highest BCUT2D eigenvalue weighted by Crippen LogP contribution is 2.33. The SMILES string of the molecule is OCCC1Cc2cccc(O)c2C1. The van der Waals surface area contributed by atoms with E-state index in [1.807, 2.05) is 6.07 Å². The molecule has 0 radical (unpaired) electrons. The van der Waals surface area contributed by atoms with Gasteiger partial charge < -0.3 is 10.2 Å². The van der Waals surface area contributed by atoms with Crippen LogP contribution in [0.4, 0.5) is 0 Å². The standard InChI is InChI=1S/C11H14O2/c12-5-4-8-6-9-2-1-3-11(13)10(9)7-8/h1-3,8,12-13H,4-7H2. The van der Waals surface area contributed by atoms with Gasteiger partial charge in [0.15, 0.2) is 0 Å². The average molecular weight is 178 g/mol. The number of aromatic hydroxyl groups is 1. The molecule has 2 N–H and O–H groups in total. The highest BCUT2D eigenvalue weighted by atomic mass is 16.3. The molecule has 1 unspecified atom stereocenters. The van der Waals surface area contributed by atoms with Crippen LogP contribution in [0.25, 0.3) is 0 Å². The molecule has 0 fully saturated rings. The van der Waals surface area contributed by atoms with Crippen LogP contribution < -0.4 is 0 Å². The van der Waals surface area contributed by atoms with Crippen LogP contribution in [0.1, 0.15) is 17.5 Å². The van der Waals surface area contributed by atoms with Gasteiger partial charge >= 0.3 is 0 Å². The molecule has 0 saturated heterocycles. The van der Waals surface area contributed by atoms with E-state index in [0.29, 0.717) is 11.7 Å². The van der Waals surface area contributed by atoms with Gasteiger partial charge in [0.1, 0.15) is 5.75 Å². The zero-order chi connectivity index (χ0) is 9.26. The van der Waals surface area contributed by atoms with Gasteiger partial charge in [0.2, 0.25) is 0 Å². The number of aliphatic hydroxyl groups is 1. The van der Waals surface area contributed by atoms with Gasteiger partial charge in [-0.05, 0) is 42.4 Å². The Kier molecular flexibility index (Phi) is 2.23. The molecule has 2 nitrogen and oxygen atoms in total. The summed E-state index contributed by atoms with van der Waals surface area (Å²) in [6, 6.07) is 5.68. The fraction of sp³-hybridized carbons (Fsp3) is 0.455. The molecule has 0 heterocycles. The van der Waals surface area contributed by atoms with Crippen molar-refractivity contribution in [3.63, 3.8) is 0 Å². The summed E-state index contributed by atoms with van der Waals surface area (Å²) in [6.45, 7) is 0.249. The number of hydrogen-bond acceptors (Lipinski definition) is 2. The molecule has 13 heavy (non-hydrogen) atoms. The molecule has 0 amide bonds. The molecule has 0 aromatic heterocycles. The zero-order valence-corrected chi connectivity index (χ0v) is 7.53. The number of hydrogen-bond donors (Lipinski definition) is 2. The average Bonchev–Trinajstić information content (AvgIpc) is 2.49. The molecule has 1 aromatic rings. The second-order valence-electron chi connectivity index (χ2n) is 3.70. The van der Waals surface area contributed by atoms with Crippen molar-refractivity contribution in [3.8, 4) is 5.75 Å². The van der Waals surface area contributed by atoms with Gasteiger partial charge in [0.05, 0.1) is 0 Å². The lowest BCUT2D eigenvalue weighted by Crippen LogP contribution is -2.01. The predicted molar refractivity (Wildman–Crippen MR) is 50.7 cm³/mol. The minimum Gasteiger partial charge on any atom is -0.508 e. The molecule has 0 saturated carbocycles. The summed E-state index contributed by atoms with van der Waals surface area (Å²) in [5, 5.41) is 18.4. The molecule has 70 valence electrons. The highest BCUT2D eigenvalue weighted by Gasteiger charge is 2.22. The smallest absolute Gasteiger partial charge is 0.119 e. The van der Waals surface area contributed by atoms with Crippen molar-refractivity contribution in [2.45, 2.75) is 19.3 Å². The van der Waals surface area contributed by atoms with Crippen molar-refractivity contribution in [3.05, 3.63) is 29.3 Å². The Labute approximate surface area is 77.8 Å². The van der Waals surface area contributed by atoms with E-state index in [9.17, 15) is 5.11 Å². The summed E-state index contributed by atoms with van der Waals surface area (Å²) >= 11 is 0. The predicted octanol–water partition coefficient (Wildman–Crippen LogP) is 1.49. The molecule has 0 bridgehead atoms. The topological polar surface area (TPSA) is 40.5 Å². The first kappa shape index (κ1) is 8.57. The Balaban J connectivity index is 2.20. The third kappa shape index (κ3) is 1.54. The van der Waals surface area contributed by atoms with E-state index in [-0.39, 0.29) is 6.61 Å². The molecule has 1 aromatic carbocycles. The maximum Gasteiger partial charge on any atom is 0.119 e. The van der Waals surface area contributed by atoms with Crippen molar-refractivity contribution in [1.82, 2.24) is 0 Å². The van der Waals surface area contributed by atoms with Crippen molar-refractivity contribution in [2.75, 3.05) is 6.61 Å². The number of benzene rings is 1. The van der Waals surface area contributed by atoms with Crippen molar-refractivity contribution >= 4 is 0 Å². The molecule has 1 atom stereocenters. The van der Waals surface area contributed by atoms with E-state index in [1.54, 1.807) is 6.07 Å². The first-order chi connectivity index (χ1) is 6.31. The van der Waals surface area contributed by atoms with Crippen molar-refractivity contribution in [2.24, 2.45) is 5.92 Å². The first-order valence-electron chi connectivity index (χ1n) is 4.72. The second-order valence-corrected chi connectivity index (χ2v) is 3.70. The molecule has 0 aliphatic heterocycles. The normalized spacial score (nSPS) is 20.2. The van der Waals surface area contributed by atoms with Crippen LogP contribution in [0.15, 0.2) is 18.2 Å². The lowest BCUT2D eigenvalue weighted by molar-refractivity contribution is 0.259. The minimum atomic E-state index is 0.249. The Bertz CT molecular complexity index is 307. The first-order valence-corrected chi connectivity index (χ1v) is 4.72. The van der Waals surface area contributed by atoms with E-state index in [4.69, 9.17) is 5.11 Å². The molecule has 1 aliphatic carbocycles. The van der Waals surface area contributed by atoms with Gasteiger partial charge in [0, 0.05) is 6.61 Å². The third-order valence-corrected chi connectivity index (χ3v) is 2.79. The van der Waals surface area contributed by atoms with E-state index in [0.717, 1.165) is 24.8 Å². The van der Waals surface area contributed by atoms with Gasteiger partial charge in [-0.1, -0.05) is 12.1 Å². The summed E-state index contributed by atoms with van der Waals surface area (Å²) in [4.78, 5) is 0. The summed E-state index contributed by atoms with van der Waals surface area (Å²) < 4.78 is 0. The fourth-order valence-electron chi connectivity index (χ4n) is 2.11. The molecular formula is C11H14O2. The molecule has 1 aliphatic rings. The molecule has 0 spiro atoms. The van der Waals surface area contributed by atoms with Crippen molar-refractivity contribution in [1.29, 1.82) is 0 Å². The Morgan fingerprint density at radius 1 is 1.31 bits per heavy atom. The van der Waals surface area contributed by atoms with Crippen LogP contribution >= 0.6 is 0 Å². The van der Waals surface area contributed by atoms with Crippen LogP contribution in [-0.2, 0) is 12.8 Å². The Hall–Kier alpha value is -1.02. The summed E-state index contributed by atoms with van der Waals surface area (Å²) in [5.41, 5.74) is 2.33.